The van der Waals surface area contributed by atoms with Crippen LogP contribution in [0.15, 0.2) is 60.8 Å². The highest BCUT2D eigenvalue weighted by Crippen LogP contribution is 2.23. The molecular weight excluding hydrogens is 392 g/mol. The van der Waals surface area contributed by atoms with Crippen LogP contribution in [0, 0.1) is 6.92 Å². The second-order valence-corrected chi connectivity index (χ2v) is 7.41. The maximum Gasteiger partial charge on any atom is 0.278 e. The van der Waals surface area contributed by atoms with E-state index in [4.69, 9.17) is 0 Å². The lowest BCUT2D eigenvalue weighted by molar-refractivity contribution is 0.0944. The molecule has 0 saturated heterocycles. The van der Waals surface area contributed by atoms with Crippen molar-refractivity contribution in [1.29, 1.82) is 0 Å². The molecule has 2 aromatic carbocycles. The number of benzene rings is 2. The van der Waals surface area contributed by atoms with Crippen LogP contribution in [0.25, 0.3) is 16.6 Å². The minimum absolute atomic E-state index is 0.0198. The zero-order chi connectivity index (χ0) is 22.0. The van der Waals surface area contributed by atoms with Crippen LogP contribution in [-0.2, 0) is 0 Å². The Morgan fingerprint density at radius 3 is 2.58 bits per heavy atom. The van der Waals surface area contributed by atoms with Gasteiger partial charge in [-0.2, -0.15) is 0 Å². The van der Waals surface area contributed by atoms with Crippen molar-refractivity contribution in [2.24, 2.45) is 0 Å². The van der Waals surface area contributed by atoms with Crippen LogP contribution in [-0.4, -0.2) is 37.8 Å². The molecule has 31 heavy (non-hydrogen) atoms. The second-order valence-electron chi connectivity index (χ2n) is 7.41. The molecule has 0 aliphatic carbocycles. The van der Waals surface area contributed by atoms with Gasteiger partial charge in [0.2, 0.25) is 0 Å². The van der Waals surface area contributed by atoms with E-state index in [0.29, 0.717) is 16.9 Å². The number of para-hydroxylation sites is 1. The molecule has 156 valence electrons. The Morgan fingerprint density at radius 1 is 0.968 bits per heavy atom. The van der Waals surface area contributed by atoms with Crippen molar-refractivity contribution in [1.82, 2.24) is 25.3 Å². The first-order chi connectivity index (χ1) is 15.0. The fourth-order valence-corrected chi connectivity index (χ4v) is 3.35. The fraction of sp³-hybridized carbons (Fsp3) is 0.174. The van der Waals surface area contributed by atoms with Gasteiger partial charge in [0.1, 0.15) is 0 Å². The highest BCUT2D eigenvalue weighted by Gasteiger charge is 2.21. The number of pyridine rings is 1. The summed E-state index contributed by atoms with van der Waals surface area (Å²) in [5.41, 5.74) is 3.17. The lowest BCUT2D eigenvalue weighted by atomic mass is 10.1. The third-order valence-corrected chi connectivity index (χ3v) is 4.80. The summed E-state index contributed by atoms with van der Waals surface area (Å²) in [4.78, 5) is 29.8. The molecule has 8 nitrogen and oxygen atoms in total. The number of fused-ring (bicyclic) bond motifs is 1. The SMILES string of the molecule is Cc1c(C(=O)Nc2ccccc2C(=O)NC(C)C)nnn1-c1cccc2ncccc12. The van der Waals surface area contributed by atoms with Crippen molar-refractivity contribution >= 4 is 28.4 Å². The smallest absolute Gasteiger partial charge is 0.278 e. The van der Waals surface area contributed by atoms with Crippen molar-refractivity contribution in [3.8, 4) is 5.69 Å². The predicted octanol–water partition coefficient (Wildman–Crippen LogP) is 3.51. The van der Waals surface area contributed by atoms with E-state index >= 15 is 0 Å². The van der Waals surface area contributed by atoms with Crippen molar-refractivity contribution in [2.75, 3.05) is 5.32 Å². The van der Waals surface area contributed by atoms with Gasteiger partial charge in [0.15, 0.2) is 5.69 Å². The first kappa shape index (κ1) is 20.2. The van der Waals surface area contributed by atoms with Gasteiger partial charge in [0.05, 0.1) is 28.1 Å². The van der Waals surface area contributed by atoms with Crippen molar-refractivity contribution in [2.45, 2.75) is 26.8 Å². The molecular formula is C23H22N6O2. The number of rotatable bonds is 5. The molecule has 0 radical (unpaired) electrons. The Bertz CT molecular complexity index is 1270. The third-order valence-electron chi connectivity index (χ3n) is 4.80. The summed E-state index contributed by atoms with van der Waals surface area (Å²) in [6.45, 7) is 5.54. The molecule has 4 aromatic rings. The van der Waals surface area contributed by atoms with Gasteiger partial charge in [-0.3, -0.25) is 14.6 Å². The molecule has 0 spiro atoms. The third kappa shape index (κ3) is 4.00. The van der Waals surface area contributed by atoms with Crippen LogP contribution in [0.1, 0.15) is 40.4 Å². The van der Waals surface area contributed by atoms with Gasteiger partial charge in [-0.25, -0.2) is 4.68 Å². The molecule has 0 aliphatic heterocycles. The van der Waals surface area contributed by atoms with E-state index in [0.717, 1.165) is 16.6 Å². The van der Waals surface area contributed by atoms with Crippen LogP contribution < -0.4 is 10.6 Å². The summed E-state index contributed by atoms with van der Waals surface area (Å²) < 4.78 is 1.62. The summed E-state index contributed by atoms with van der Waals surface area (Å²) in [7, 11) is 0. The number of hydrogen-bond donors (Lipinski definition) is 2. The second kappa shape index (κ2) is 8.35. The minimum atomic E-state index is -0.438. The standard InChI is InChI=1S/C23H22N6O2/c1-14(2)25-22(30)17-8-4-5-10-19(17)26-23(31)21-15(3)29(28-27-21)20-12-6-11-18-16(20)9-7-13-24-18/h4-14H,1-3H3,(H,25,30)(H,26,31). The molecule has 0 saturated carbocycles. The van der Waals surface area contributed by atoms with Crippen molar-refractivity contribution in [3.05, 3.63) is 77.7 Å². The molecule has 2 heterocycles. The Kier molecular flexibility index (Phi) is 5.44. The average molecular weight is 414 g/mol. The fourth-order valence-electron chi connectivity index (χ4n) is 3.35. The van der Waals surface area contributed by atoms with Crippen molar-refractivity contribution in [3.63, 3.8) is 0 Å². The number of amides is 2. The first-order valence-corrected chi connectivity index (χ1v) is 9.93. The van der Waals surface area contributed by atoms with Gasteiger partial charge in [0.25, 0.3) is 11.8 Å². The van der Waals surface area contributed by atoms with E-state index in [1.807, 2.05) is 44.2 Å². The summed E-state index contributed by atoms with van der Waals surface area (Å²) in [5.74, 6) is -0.693. The van der Waals surface area contributed by atoms with Gasteiger partial charge < -0.3 is 10.6 Å². The first-order valence-electron chi connectivity index (χ1n) is 9.93. The number of anilines is 1. The van der Waals surface area contributed by atoms with E-state index in [-0.39, 0.29) is 17.6 Å². The highest BCUT2D eigenvalue weighted by atomic mass is 16.2. The van der Waals surface area contributed by atoms with Crippen LogP contribution in [0.5, 0.6) is 0 Å². The topological polar surface area (TPSA) is 102 Å². The molecule has 0 bridgehead atoms. The molecule has 0 aliphatic rings. The lowest BCUT2D eigenvalue weighted by Crippen LogP contribution is -2.31. The van der Waals surface area contributed by atoms with Gasteiger partial charge in [-0.05, 0) is 57.2 Å². The van der Waals surface area contributed by atoms with E-state index in [9.17, 15) is 9.59 Å². The van der Waals surface area contributed by atoms with Crippen LogP contribution >= 0.6 is 0 Å². The average Bonchev–Trinajstić information content (AvgIpc) is 3.14. The number of aromatic nitrogens is 4. The van der Waals surface area contributed by atoms with Gasteiger partial charge in [-0.15, -0.1) is 5.10 Å². The summed E-state index contributed by atoms with van der Waals surface area (Å²) >= 11 is 0. The van der Waals surface area contributed by atoms with Crippen molar-refractivity contribution < 1.29 is 9.59 Å². The molecule has 2 N–H and O–H groups in total. The van der Waals surface area contributed by atoms with Gasteiger partial charge in [-0.1, -0.05) is 23.4 Å². The maximum absolute atomic E-state index is 13.0. The van der Waals surface area contributed by atoms with E-state index < -0.39 is 5.91 Å². The monoisotopic (exact) mass is 414 g/mol. The number of carbonyl (C=O) groups excluding carboxylic acids is 2. The van der Waals surface area contributed by atoms with E-state index in [1.165, 1.54) is 0 Å². The van der Waals surface area contributed by atoms with E-state index in [1.54, 1.807) is 42.1 Å². The lowest BCUT2D eigenvalue weighted by Gasteiger charge is -2.13. The molecule has 4 rings (SSSR count). The minimum Gasteiger partial charge on any atom is -0.350 e. The highest BCUT2D eigenvalue weighted by molar-refractivity contribution is 6.08. The predicted molar refractivity (Wildman–Crippen MR) is 118 cm³/mol. The Morgan fingerprint density at radius 2 is 1.77 bits per heavy atom. The summed E-state index contributed by atoms with van der Waals surface area (Å²) in [6.07, 6.45) is 1.73. The summed E-state index contributed by atoms with van der Waals surface area (Å²) in [6, 6.07) is 16.3. The number of carbonyl (C=O) groups is 2. The molecule has 2 amide bonds. The number of nitrogens with one attached hydrogen (secondary N) is 2. The largest absolute Gasteiger partial charge is 0.350 e. The maximum atomic E-state index is 13.0. The van der Waals surface area contributed by atoms with E-state index in [2.05, 4.69) is 25.9 Å². The molecule has 0 atom stereocenters. The molecule has 2 aromatic heterocycles. The number of hydrogen-bond acceptors (Lipinski definition) is 5. The van der Waals surface area contributed by atoms with Crippen LogP contribution in [0.4, 0.5) is 5.69 Å². The molecule has 0 fully saturated rings. The molecule has 8 heteroatoms. The Balaban J connectivity index is 1.65. The molecule has 0 unspecified atom stereocenters. The van der Waals surface area contributed by atoms with Crippen LogP contribution in [0.2, 0.25) is 0 Å². The Labute approximate surface area is 179 Å². The van der Waals surface area contributed by atoms with Crippen LogP contribution in [0.3, 0.4) is 0 Å². The number of nitrogens with zero attached hydrogens (tertiary/aromatic N) is 4. The van der Waals surface area contributed by atoms with Gasteiger partial charge >= 0.3 is 0 Å². The Hall–Kier alpha value is -4.07. The van der Waals surface area contributed by atoms with Gasteiger partial charge in [0, 0.05) is 17.6 Å². The summed E-state index contributed by atoms with van der Waals surface area (Å²) in [5, 5.41) is 14.8. The zero-order valence-electron chi connectivity index (χ0n) is 17.5. The quantitative estimate of drug-likeness (QED) is 0.520. The zero-order valence-corrected chi connectivity index (χ0v) is 17.5. The normalized spacial score (nSPS) is 11.0.